The number of aromatic nitrogens is 2. The number of pyridine rings is 2. The molecule has 6 heteroatoms. The minimum atomic E-state index is -0.320. The van der Waals surface area contributed by atoms with E-state index in [1.807, 2.05) is 66.9 Å². The lowest BCUT2D eigenvalue weighted by Gasteiger charge is -2.18. The third-order valence-electron chi connectivity index (χ3n) is 4.83. The SMILES string of the molecule is Oc1c([C@H](Nc2cccc[nH+]2)c2ccc3c(c2)OCO3)ccc2cccnc12. The Morgan fingerprint density at radius 2 is 1.93 bits per heavy atom. The van der Waals surface area contributed by atoms with Gasteiger partial charge in [0.05, 0.1) is 6.20 Å². The highest BCUT2D eigenvalue weighted by atomic mass is 16.7. The summed E-state index contributed by atoms with van der Waals surface area (Å²) in [4.78, 5) is 7.54. The van der Waals surface area contributed by atoms with Crippen molar-refractivity contribution in [1.82, 2.24) is 4.98 Å². The Hall–Kier alpha value is -3.80. The van der Waals surface area contributed by atoms with Gasteiger partial charge in [-0.3, -0.25) is 10.3 Å². The number of nitrogens with zero attached hydrogens (tertiary/aromatic N) is 1. The van der Waals surface area contributed by atoms with Crippen molar-refractivity contribution >= 4 is 16.7 Å². The zero-order valence-electron chi connectivity index (χ0n) is 14.9. The van der Waals surface area contributed by atoms with Crippen LogP contribution in [-0.4, -0.2) is 16.9 Å². The van der Waals surface area contributed by atoms with Crippen molar-refractivity contribution in [3.63, 3.8) is 0 Å². The van der Waals surface area contributed by atoms with E-state index in [-0.39, 0.29) is 18.6 Å². The molecule has 2 aromatic carbocycles. The molecular formula is C22H18N3O3+. The summed E-state index contributed by atoms with van der Waals surface area (Å²) in [5.74, 6) is 2.40. The first-order valence-corrected chi connectivity index (χ1v) is 8.99. The summed E-state index contributed by atoms with van der Waals surface area (Å²) in [6.07, 6.45) is 3.53. The minimum Gasteiger partial charge on any atom is -0.505 e. The highest BCUT2D eigenvalue weighted by Gasteiger charge is 2.26. The molecule has 0 unspecified atom stereocenters. The van der Waals surface area contributed by atoms with E-state index in [9.17, 15) is 5.11 Å². The largest absolute Gasteiger partial charge is 0.505 e. The van der Waals surface area contributed by atoms with Crippen molar-refractivity contribution in [3.8, 4) is 17.2 Å². The molecule has 0 amide bonds. The Bertz CT molecular complexity index is 1150. The van der Waals surface area contributed by atoms with Crippen LogP contribution in [0.2, 0.25) is 0 Å². The number of ether oxygens (including phenoxy) is 2. The number of nitrogens with one attached hydrogen (secondary N) is 2. The number of rotatable bonds is 4. The van der Waals surface area contributed by atoms with Gasteiger partial charge in [0.1, 0.15) is 17.3 Å². The Kier molecular flexibility index (Phi) is 3.94. The number of H-pyrrole nitrogens is 1. The van der Waals surface area contributed by atoms with E-state index in [0.717, 1.165) is 28.1 Å². The Labute approximate surface area is 161 Å². The first kappa shape index (κ1) is 16.4. The van der Waals surface area contributed by atoms with Gasteiger partial charge in [0.25, 0.3) is 5.82 Å². The fraction of sp³-hybridized carbons (Fsp3) is 0.0909. The molecule has 138 valence electrons. The number of hydrogen-bond donors (Lipinski definition) is 2. The number of phenolic OH excluding ortho intramolecular Hbond substituents is 1. The van der Waals surface area contributed by atoms with Crippen LogP contribution < -0.4 is 19.8 Å². The molecule has 3 N–H and O–H groups in total. The van der Waals surface area contributed by atoms with Gasteiger partial charge in [0.2, 0.25) is 6.79 Å². The van der Waals surface area contributed by atoms with Crippen LogP contribution in [0.1, 0.15) is 17.2 Å². The summed E-state index contributed by atoms with van der Waals surface area (Å²) < 4.78 is 11.0. The minimum absolute atomic E-state index is 0.157. The fourth-order valence-electron chi connectivity index (χ4n) is 3.45. The molecule has 3 heterocycles. The van der Waals surface area contributed by atoms with Crippen molar-refractivity contribution in [1.29, 1.82) is 0 Å². The standard InChI is InChI=1S/C22H17N3O3/c26-22-16(8-6-14-4-3-11-24-21(14)22)20(25-19-5-1-2-10-23-19)15-7-9-17-18(12-15)28-13-27-17/h1-12,20,26H,13H2,(H,23,25)/p+1/t20-/m1/s1. The first-order chi connectivity index (χ1) is 13.8. The van der Waals surface area contributed by atoms with Gasteiger partial charge >= 0.3 is 0 Å². The number of aromatic amines is 1. The summed E-state index contributed by atoms with van der Waals surface area (Å²) in [7, 11) is 0. The van der Waals surface area contributed by atoms with E-state index in [0.29, 0.717) is 11.3 Å². The second kappa shape index (κ2) is 6.74. The number of fused-ring (bicyclic) bond motifs is 2. The van der Waals surface area contributed by atoms with Crippen LogP contribution in [0.5, 0.6) is 17.2 Å². The Morgan fingerprint density at radius 3 is 2.82 bits per heavy atom. The van der Waals surface area contributed by atoms with Gasteiger partial charge in [-0.15, -0.1) is 0 Å². The average molecular weight is 372 g/mol. The summed E-state index contributed by atoms with van der Waals surface area (Å²) in [6.45, 7) is 0.217. The molecule has 1 aliphatic rings. The maximum Gasteiger partial charge on any atom is 0.272 e. The van der Waals surface area contributed by atoms with Gasteiger partial charge < -0.3 is 14.6 Å². The fourth-order valence-corrected chi connectivity index (χ4v) is 3.45. The normalized spacial score (nSPS) is 13.4. The molecule has 0 spiro atoms. The molecule has 4 aromatic rings. The molecule has 5 rings (SSSR count). The molecular weight excluding hydrogens is 354 g/mol. The summed E-state index contributed by atoms with van der Waals surface area (Å²) in [6, 6.07) is 18.9. The van der Waals surface area contributed by atoms with Crippen LogP contribution >= 0.6 is 0 Å². The van der Waals surface area contributed by atoms with Crippen LogP contribution in [0.25, 0.3) is 10.9 Å². The van der Waals surface area contributed by atoms with Gasteiger partial charge in [0.15, 0.2) is 11.5 Å². The monoisotopic (exact) mass is 372 g/mol. The van der Waals surface area contributed by atoms with E-state index in [2.05, 4.69) is 15.3 Å². The van der Waals surface area contributed by atoms with Crippen LogP contribution in [0.3, 0.4) is 0 Å². The maximum atomic E-state index is 11.0. The zero-order valence-corrected chi connectivity index (χ0v) is 14.9. The van der Waals surface area contributed by atoms with Crippen molar-refractivity contribution in [2.75, 3.05) is 12.1 Å². The van der Waals surface area contributed by atoms with E-state index in [4.69, 9.17) is 9.47 Å². The third kappa shape index (κ3) is 2.85. The van der Waals surface area contributed by atoms with Crippen molar-refractivity contribution in [2.45, 2.75) is 6.04 Å². The molecule has 0 aliphatic carbocycles. The van der Waals surface area contributed by atoms with Gasteiger partial charge in [-0.1, -0.05) is 24.3 Å². The lowest BCUT2D eigenvalue weighted by molar-refractivity contribution is -0.361. The molecule has 0 bridgehead atoms. The van der Waals surface area contributed by atoms with E-state index < -0.39 is 0 Å². The number of phenols is 1. The van der Waals surface area contributed by atoms with E-state index in [1.54, 1.807) is 6.20 Å². The smallest absolute Gasteiger partial charge is 0.272 e. The highest BCUT2D eigenvalue weighted by molar-refractivity contribution is 5.86. The first-order valence-electron chi connectivity index (χ1n) is 8.99. The van der Waals surface area contributed by atoms with Crippen molar-refractivity contribution in [2.24, 2.45) is 0 Å². The topological polar surface area (TPSA) is 77.8 Å². The number of benzene rings is 2. The van der Waals surface area contributed by atoms with Gasteiger partial charge in [-0.25, -0.2) is 4.98 Å². The molecule has 0 fully saturated rings. The van der Waals surface area contributed by atoms with Gasteiger partial charge in [-0.05, 0) is 30.3 Å². The van der Waals surface area contributed by atoms with Gasteiger partial charge in [0, 0.05) is 28.8 Å². The van der Waals surface area contributed by atoms with Crippen molar-refractivity contribution < 1.29 is 19.6 Å². The molecule has 0 saturated carbocycles. The number of hydrogen-bond acceptors (Lipinski definition) is 5. The molecule has 1 aliphatic heterocycles. The lowest BCUT2D eigenvalue weighted by atomic mass is 9.96. The van der Waals surface area contributed by atoms with Gasteiger partial charge in [-0.2, -0.15) is 0 Å². The molecule has 1 atom stereocenters. The second-order valence-corrected chi connectivity index (χ2v) is 6.54. The van der Waals surface area contributed by atoms with Crippen LogP contribution in [-0.2, 0) is 0 Å². The second-order valence-electron chi connectivity index (χ2n) is 6.54. The quantitative estimate of drug-likeness (QED) is 0.571. The van der Waals surface area contributed by atoms with E-state index in [1.165, 1.54) is 0 Å². The summed E-state index contributed by atoms with van der Waals surface area (Å²) in [5.41, 5.74) is 2.24. The van der Waals surface area contributed by atoms with Crippen LogP contribution in [0.4, 0.5) is 5.82 Å². The summed E-state index contributed by atoms with van der Waals surface area (Å²) >= 11 is 0. The predicted octanol–water partition coefficient (Wildman–Crippen LogP) is 3.68. The van der Waals surface area contributed by atoms with Crippen molar-refractivity contribution in [3.05, 3.63) is 84.2 Å². The maximum absolute atomic E-state index is 11.0. The lowest BCUT2D eigenvalue weighted by Crippen LogP contribution is -2.18. The molecule has 0 radical (unpaired) electrons. The number of aromatic hydroxyl groups is 1. The zero-order chi connectivity index (χ0) is 18.9. The Morgan fingerprint density at radius 1 is 1.00 bits per heavy atom. The molecule has 2 aromatic heterocycles. The Balaban J connectivity index is 1.65. The van der Waals surface area contributed by atoms with Crippen LogP contribution in [0.15, 0.2) is 73.1 Å². The molecule has 6 nitrogen and oxygen atoms in total. The average Bonchev–Trinajstić information content (AvgIpc) is 3.21. The summed E-state index contributed by atoms with van der Waals surface area (Å²) in [5, 5.41) is 15.3. The molecule has 28 heavy (non-hydrogen) atoms. The van der Waals surface area contributed by atoms with E-state index >= 15 is 0 Å². The number of anilines is 1. The predicted molar refractivity (Wildman–Crippen MR) is 104 cm³/mol. The molecule has 0 saturated heterocycles. The third-order valence-corrected chi connectivity index (χ3v) is 4.83. The highest BCUT2D eigenvalue weighted by Crippen LogP contribution is 2.40. The van der Waals surface area contributed by atoms with Crippen LogP contribution in [0, 0.1) is 0 Å².